The molecule has 0 heterocycles. The lowest BCUT2D eigenvalue weighted by Gasteiger charge is -2.16. The van der Waals surface area contributed by atoms with Crippen LogP contribution in [0.2, 0.25) is 0 Å². The minimum atomic E-state index is -3.36. The van der Waals surface area contributed by atoms with Crippen LogP contribution in [0, 0.1) is 0 Å². The van der Waals surface area contributed by atoms with Crippen LogP contribution in [-0.4, -0.2) is 60.8 Å². The van der Waals surface area contributed by atoms with Gasteiger partial charge in [0.1, 0.15) is 0 Å². The molecule has 0 aliphatic rings. The van der Waals surface area contributed by atoms with E-state index in [1.54, 1.807) is 31.4 Å². The Morgan fingerprint density at radius 1 is 1.20 bits per heavy atom. The molecule has 114 valence electrons. The van der Waals surface area contributed by atoms with Gasteiger partial charge in [0.25, 0.3) is 0 Å². The van der Waals surface area contributed by atoms with Crippen molar-refractivity contribution >= 4 is 15.7 Å². The van der Waals surface area contributed by atoms with Crippen molar-refractivity contribution in [2.45, 2.75) is 4.90 Å². The lowest BCUT2D eigenvalue weighted by atomic mass is 10.3. The van der Waals surface area contributed by atoms with E-state index in [0.717, 1.165) is 25.3 Å². The van der Waals surface area contributed by atoms with Crippen molar-refractivity contribution in [2.24, 2.45) is 0 Å². The second kappa shape index (κ2) is 8.21. The van der Waals surface area contributed by atoms with Crippen LogP contribution in [0.1, 0.15) is 0 Å². The molecule has 1 rings (SSSR count). The predicted octanol–water partition coefficient (Wildman–Crippen LogP) is 0.585. The highest BCUT2D eigenvalue weighted by Gasteiger charge is 2.10. The van der Waals surface area contributed by atoms with E-state index in [-0.39, 0.29) is 4.90 Å². The highest BCUT2D eigenvalue weighted by Crippen LogP contribution is 2.13. The van der Waals surface area contributed by atoms with Gasteiger partial charge in [0.2, 0.25) is 10.0 Å². The van der Waals surface area contributed by atoms with Crippen molar-refractivity contribution in [1.82, 2.24) is 9.62 Å². The van der Waals surface area contributed by atoms with Crippen LogP contribution in [-0.2, 0) is 14.8 Å². The van der Waals surface area contributed by atoms with E-state index < -0.39 is 10.0 Å². The first-order valence-corrected chi connectivity index (χ1v) is 7.93. The summed E-state index contributed by atoms with van der Waals surface area (Å²) in [7, 11) is 1.76. The van der Waals surface area contributed by atoms with Crippen molar-refractivity contribution in [2.75, 3.05) is 52.8 Å². The first-order valence-electron chi connectivity index (χ1n) is 6.44. The molecule has 2 N–H and O–H groups in total. The largest absolute Gasteiger partial charge is 0.384 e. The fourth-order valence-electron chi connectivity index (χ4n) is 1.62. The van der Waals surface area contributed by atoms with Gasteiger partial charge < -0.3 is 15.0 Å². The van der Waals surface area contributed by atoms with E-state index in [2.05, 4.69) is 14.9 Å². The molecule has 0 fully saturated rings. The maximum atomic E-state index is 11.6. The van der Waals surface area contributed by atoms with E-state index in [1.165, 1.54) is 7.05 Å². The summed E-state index contributed by atoms with van der Waals surface area (Å²) in [5, 5.41) is 3.25. The van der Waals surface area contributed by atoms with E-state index in [9.17, 15) is 8.42 Å². The summed E-state index contributed by atoms with van der Waals surface area (Å²) in [6.07, 6.45) is 0. The molecule has 0 atom stereocenters. The summed E-state index contributed by atoms with van der Waals surface area (Å²) >= 11 is 0. The molecule has 0 bridgehead atoms. The number of nitrogens with one attached hydrogen (secondary N) is 2. The zero-order valence-electron chi connectivity index (χ0n) is 12.2. The van der Waals surface area contributed by atoms with Gasteiger partial charge in [0, 0.05) is 32.4 Å². The highest BCUT2D eigenvalue weighted by atomic mass is 32.2. The van der Waals surface area contributed by atoms with Gasteiger partial charge >= 0.3 is 0 Å². The maximum absolute atomic E-state index is 11.6. The molecule has 0 spiro atoms. The number of nitrogens with zero attached hydrogens (tertiary/aromatic N) is 1. The Labute approximate surface area is 121 Å². The number of sulfonamides is 1. The second-order valence-electron chi connectivity index (χ2n) is 4.45. The van der Waals surface area contributed by atoms with Gasteiger partial charge in [-0.15, -0.1) is 0 Å². The Bertz CT molecular complexity index is 488. The minimum absolute atomic E-state index is 0.266. The SMILES string of the molecule is CNS(=O)(=O)c1ccc(NCCN(C)CCOC)cc1. The summed E-state index contributed by atoms with van der Waals surface area (Å²) in [5.74, 6) is 0. The Morgan fingerprint density at radius 3 is 2.40 bits per heavy atom. The Hall–Kier alpha value is -1.15. The summed E-state index contributed by atoms with van der Waals surface area (Å²) in [6, 6.07) is 6.70. The van der Waals surface area contributed by atoms with Crippen molar-refractivity contribution in [3.05, 3.63) is 24.3 Å². The van der Waals surface area contributed by atoms with Crippen molar-refractivity contribution in [3.8, 4) is 0 Å². The Morgan fingerprint density at radius 2 is 1.85 bits per heavy atom. The van der Waals surface area contributed by atoms with Crippen LogP contribution < -0.4 is 10.0 Å². The fraction of sp³-hybridized carbons (Fsp3) is 0.538. The molecule has 6 nitrogen and oxygen atoms in total. The van der Waals surface area contributed by atoms with Crippen molar-refractivity contribution in [3.63, 3.8) is 0 Å². The van der Waals surface area contributed by atoms with Gasteiger partial charge in [-0.25, -0.2) is 13.1 Å². The lowest BCUT2D eigenvalue weighted by Crippen LogP contribution is -2.28. The molecule has 1 aromatic rings. The average Bonchev–Trinajstić information content (AvgIpc) is 2.45. The summed E-state index contributed by atoms with van der Waals surface area (Å²) in [5.41, 5.74) is 0.903. The fourth-order valence-corrected chi connectivity index (χ4v) is 2.35. The third-order valence-electron chi connectivity index (χ3n) is 2.93. The summed E-state index contributed by atoms with van der Waals surface area (Å²) < 4.78 is 30.4. The minimum Gasteiger partial charge on any atom is -0.384 e. The summed E-state index contributed by atoms with van der Waals surface area (Å²) in [4.78, 5) is 2.43. The molecule has 0 saturated heterocycles. The second-order valence-corrected chi connectivity index (χ2v) is 6.34. The van der Waals surface area contributed by atoms with E-state index in [0.29, 0.717) is 6.61 Å². The molecule has 1 aromatic carbocycles. The molecule has 0 amide bonds. The van der Waals surface area contributed by atoms with Crippen molar-refractivity contribution < 1.29 is 13.2 Å². The molecule has 0 unspecified atom stereocenters. The standard InChI is InChI=1S/C13H23N3O3S/c1-14-20(17,18)13-6-4-12(5-7-13)15-8-9-16(2)10-11-19-3/h4-7,14-15H,8-11H2,1-3H3. The Kier molecular flexibility index (Phi) is 6.94. The quantitative estimate of drug-likeness (QED) is 0.698. The zero-order chi connectivity index (χ0) is 15.0. The molecule has 7 heteroatoms. The normalized spacial score (nSPS) is 11.8. The molecule has 0 aliphatic heterocycles. The van der Waals surface area contributed by atoms with Gasteiger partial charge in [-0.1, -0.05) is 0 Å². The smallest absolute Gasteiger partial charge is 0.240 e. The molecule has 0 saturated carbocycles. The third-order valence-corrected chi connectivity index (χ3v) is 4.36. The van der Waals surface area contributed by atoms with Gasteiger partial charge in [-0.3, -0.25) is 0 Å². The number of likely N-dealkylation sites (N-methyl/N-ethyl adjacent to an activating group) is 1. The van der Waals surface area contributed by atoms with Gasteiger partial charge in [0.15, 0.2) is 0 Å². The number of hydrogen-bond donors (Lipinski definition) is 2. The lowest BCUT2D eigenvalue weighted by molar-refractivity contribution is 0.163. The zero-order valence-corrected chi connectivity index (χ0v) is 13.0. The van der Waals surface area contributed by atoms with E-state index >= 15 is 0 Å². The first-order chi connectivity index (χ1) is 9.49. The van der Waals surface area contributed by atoms with Crippen LogP contribution in [0.5, 0.6) is 0 Å². The molecular formula is C13H23N3O3S. The maximum Gasteiger partial charge on any atom is 0.240 e. The van der Waals surface area contributed by atoms with Crippen LogP contribution in [0.4, 0.5) is 5.69 Å². The average molecular weight is 301 g/mol. The van der Waals surface area contributed by atoms with Crippen molar-refractivity contribution in [1.29, 1.82) is 0 Å². The van der Waals surface area contributed by atoms with Crippen LogP contribution in [0.25, 0.3) is 0 Å². The van der Waals surface area contributed by atoms with Crippen LogP contribution in [0.15, 0.2) is 29.2 Å². The Balaban J connectivity index is 2.43. The monoisotopic (exact) mass is 301 g/mol. The predicted molar refractivity (Wildman–Crippen MR) is 80.6 cm³/mol. The third kappa shape index (κ3) is 5.46. The molecular weight excluding hydrogens is 278 g/mol. The molecule has 0 radical (unpaired) electrons. The first kappa shape index (κ1) is 16.9. The van der Waals surface area contributed by atoms with Gasteiger partial charge in [-0.05, 0) is 38.4 Å². The number of rotatable bonds is 9. The van der Waals surface area contributed by atoms with E-state index in [4.69, 9.17) is 4.74 Å². The molecule has 0 aromatic heterocycles. The number of benzene rings is 1. The van der Waals surface area contributed by atoms with Gasteiger partial charge in [-0.2, -0.15) is 0 Å². The topological polar surface area (TPSA) is 70.7 Å². The van der Waals surface area contributed by atoms with Gasteiger partial charge in [0.05, 0.1) is 11.5 Å². The van der Waals surface area contributed by atoms with Crippen LogP contribution >= 0.6 is 0 Å². The number of hydrogen-bond acceptors (Lipinski definition) is 5. The van der Waals surface area contributed by atoms with E-state index in [1.807, 2.05) is 7.05 Å². The number of ether oxygens (including phenoxy) is 1. The molecule has 20 heavy (non-hydrogen) atoms. The number of methoxy groups -OCH3 is 1. The number of anilines is 1. The highest BCUT2D eigenvalue weighted by molar-refractivity contribution is 7.89. The summed E-state index contributed by atoms with van der Waals surface area (Å²) in [6.45, 7) is 3.28. The molecule has 0 aliphatic carbocycles. The van der Waals surface area contributed by atoms with Crippen LogP contribution in [0.3, 0.4) is 0 Å².